The normalized spacial score (nSPS) is 30.4. The van der Waals surface area contributed by atoms with Gasteiger partial charge < -0.3 is 10.8 Å². The summed E-state index contributed by atoms with van der Waals surface area (Å²) in [7, 11) is 0. The minimum Gasteiger partial charge on any atom is -0.393 e. The van der Waals surface area contributed by atoms with E-state index >= 15 is 0 Å². The van der Waals surface area contributed by atoms with Crippen LogP contribution in [0.3, 0.4) is 0 Å². The quantitative estimate of drug-likeness (QED) is 0.833. The first-order chi connectivity index (χ1) is 7.51. The van der Waals surface area contributed by atoms with E-state index in [1.165, 1.54) is 11.1 Å². The summed E-state index contributed by atoms with van der Waals surface area (Å²) in [6, 6.07) is 6.26. The average Bonchev–Trinajstić information content (AvgIpc) is 2.22. The molecule has 1 fully saturated rings. The Bertz CT molecular complexity index is 384. The molecule has 3 N–H and O–H groups in total. The standard InChI is InChI=1S/C13H18BrNO/c1-9-8-10(14)2-3-12(9)13(15)6-4-11(16)5-7-13/h2-3,8,11,16H,4-7,15H2,1H3. The van der Waals surface area contributed by atoms with Crippen molar-refractivity contribution in [2.75, 3.05) is 0 Å². The number of benzene rings is 1. The number of nitrogens with two attached hydrogens (primary N) is 1. The van der Waals surface area contributed by atoms with Gasteiger partial charge in [-0.15, -0.1) is 0 Å². The van der Waals surface area contributed by atoms with E-state index in [0.717, 1.165) is 30.2 Å². The zero-order valence-corrected chi connectivity index (χ0v) is 11.1. The third kappa shape index (κ3) is 2.31. The minimum absolute atomic E-state index is 0.160. The Labute approximate surface area is 105 Å². The Kier molecular flexibility index (Phi) is 3.38. The van der Waals surface area contributed by atoms with Crippen molar-refractivity contribution in [3.05, 3.63) is 33.8 Å². The minimum atomic E-state index is -0.246. The summed E-state index contributed by atoms with van der Waals surface area (Å²) in [6.45, 7) is 2.10. The van der Waals surface area contributed by atoms with Gasteiger partial charge in [-0.1, -0.05) is 22.0 Å². The summed E-state index contributed by atoms with van der Waals surface area (Å²) in [5, 5.41) is 9.54. The molecule has 0 radical (unpaired) electrons. The monoisotopic (exact) mass is 283 g/mol. The van der Waals surface area contributed by atoms with Crippen LogP contribution >= 0.6 is 15.9 Å². The van der Waals surface area contributed by atoms with E-state index in [9.17, 15) is 5.11 Å². The Morgan fingerprint density at radius 1 is 1.38 bits per heavy atom. The number of rotatable bonds is 1. The Morgan fingerprint density at radius 2 is 2.00 bits per heavy atom. The second kappa shape index (κ2) is 4.47. The van der Waals surface area contributed by atoms with E-state index in [1.54, 1.807) is 0 Å². The number of hydrogen-bond donors (Lipinski definition) is 2. The predicted octanol–water partition coefficient (Wildman–Crippen LogP) is 2.85. The van der Waals surface area contributed by atoms with Crippen molar-refractivity contribution in [3.63, 3.8) is 0 Å². The van der Waals surface area contributed by atoms with E-state index in [0.29, 0.717) is 0 Å². The van der Waals surface area contributed by atoms with Crippen LogP contribution in [0.15, 0.2) is 22.7 Å². The van der Waals surface area contributed by atoms with Crippen LogP contribution in [0.5, 0.6) is 0 Å². The lowest BCUT2D eigenvalue weighted by Crippen LogP contribution is -2.42. The average molecular weight is 284 g/mol. The molecular weight excluding hydrogens is 266 g/mol. The zero-order valence-electron chi connectivity index (χ0n) is 9.54. The topological polar surface area (TPSA) is 46.2 Å². The first-order valence-corrected chi connectivity index (χ1v) is 6.54. The maximum absolute atomic E-state index is 9.54. The highest BCUT2D eigenvalue weighted by Gasteiger charge is 2.33. The molecule has 0 amide bonds. The second-order valence-corrected chi connectivity index (χ2v) is 5.76. The number of halogens is 1. The molecule has 0 saturated heterocycles. The molecule has 1 aliphatic carbocycles. The van der Waals surface area contributed by atoms with Crippen molar-refractivity contribution in [2.45, 2.75) is 44.2 Å². The molecule has 1 saturated carbocycles. The summed E-state index contributed by atoms with van der Waals surface area (Å²) < 4.78 is 1.09. The van der Waals surface area contributed by atoms with E-state index in [-0.39, 0.29) is 11.6 Å². The number of hydrogen-bond acceptors (Lipinski definition) is 2. The van der Waals surface area contributed by atoms with Crippen molar-refractivity contribution < 1.29 is 5.11 Å². The summed E-state index contributed by atoms with van der Waals surface area (Å²) in [5.74, 6) is 0. The fourth-order valence-corrected chi connectivity index (χ4v) is 3.05. The molecule has 0 spiro atoms. The predicted molar refractivity (Wildman–Crippen MR) is 69.2 cm³/mol. The van der Waals surface area contributed by atoms with Gasteiger partial charge in [0, 0.05) is 10.0 Å². The molecule has 0 atom stereocenters. The Morgan fingerprint density at radius 3 is 2.56 bits per heavy atom. The van der Waals surface area contributed by atoms with Gasteiger partial charge in [-0.2, -0.15) is 0 Å². The van der Waals surface area contributed by atoms with Crippen LogP contribution in [-0.2, 0) is 5.54 Å². The van der Waals surface area contributed by atoms with Gasteiger partial charge in [0.1, 0.15) is 0 Å². The molecule has 3 heteroatoms. The molecule has 0 heterocycles. The van der Waals surface area contributed by atoms with Gasteiger partial charge in [0.05, 0.1) is 6.10 Å². The van der Waals surface area contributed by atoms with Gasteiger partial charge in [0.15, 0.2) is 0 Å². The van der Waals surface area contributed by atoms with Crippen LogP contribution in [0.25, 0.3) is 0 Å². The van der Waals surface area contributed by atoms with Crippen molar-refractivity contribution in [3.8, 4) is 0 Å². The largest absolute Gasteiger partial charge is 0.393 e. The third-order valence-electron chi connectivity index (χ3n) is 3.57. The first-order valence-electron chi connectivity index (χ1n) is 5.75. The highest BCUT2D eigenvalue weighted by molar-refractivity contribution is 9.10. The molecule has 2 nitrogen and oxygen atoms in total. The molecular formula is C13H18BrNO. The highest BCUT2D eigenvalue weighted by Crippen LogP contribution is 2.37. The van der Waals surface area contributed by atoms with Gasteiger partial charge in [-0.25, -0.2) is 0 Å². The first kappa shape index (κ1) is 12.1. The molecule has 0 aromatic heterocycles. The van der Waals surface area contributed by atoms with Gasteiger partial charge in [0.25, 0.3) is 0 Å². The number of aliphatic hydroxyl groups excluding tert-OH is 1. The third-order valence-corrected chi connectivity index (χ3v) is 4.07. The molecule has 1 aromatic carbocycles. The van der Waals surface area contributed by atoms with Gasteiger partial charge in [-0.05, 0) is 55.9 Å². The van der Waals surface area contributed by atoms with Crippen molar-refractivity contribution in [1.82, 2.24) is 0 Å². The summed E-state index contributed by atoms with van der Waals surface area (Å²) in [6.07, 6.45) is 3.21. The maximum atomic E-state index is 9.54. The van der Waals surface area contributed by atoms with Gasteiger partial charge in [0.2, 0.25) is 0 Å². The second-order valence-electron chi connectivity index (χ2n) is 4.85. The van der Waals surface area contributed by atoms with Crippen LogP contribution in [0.4, 0.5) is 0 Å². The molecule has 0 unspecified atom stereocenters. The lowest BCUT2D eigenvalue weighted by atomic mass is 9.75. The van der Waals surface area contributed by atoms with Crippen molar-refractivity contribution in [1.29, 1.82) is 0 Å². The maximum Gasteiger partial charge on any atom is 0.0541 e. The molecule has 16 heavy (non-hydrogen) atoms. The number of aryl methyl sites for hydroxylation is 1. The summed E-state index contributed by atoms with van der Waals surface area (Å²) in [4.78, 5) is 0. The lowest BCUT2D eigenvalue weighted by molar-refractivity contribution is 0.0967. The van der Waals surface area contributed by atoms with Crippen LogP contribution in [-0.4, -0.2) is 11.2 Å². The van der Waals surface area contributed by atoms with Crippen LogP contribution in [0.2, 0.25) is 0 Å². The molecule has 2 rings (SSSR count). The lowest BCUT2D eigenvalue weighted by Gasteiger charge is -2.37. The van der Waals surface area contributed by atoms with E-state index in [4.69, 9.17) is 5.73 Å². The molecule has 1 aliphatic rings. The summed E-state index contributed by atoms with van der Waals surface area (Å²) >= 11 is 3.47. The highest BCUT2D eigenvalue weighted by atomic mass is 79.9. The zero-order chi connectivity index (χ0) is 11.8. The van der Waals surface area contributed by atoms with Crippen LogP contribution in [0, 0.1) is 6.92 Å². The summed E-state index contributed by atoms with van der Waals surface area (Å²) in [5.41, 5.74) is 8.68. The number of aliphatic hydroxyl groups is 1. The molecule has 0 bridgehead atoms. The van der Waals surface area contributed by atoms with Crippen LogP contribution in [0.1, 0.15) is 36.8 Å². The fraction of sp³-hybridized carbons (Fsp3) is 0.538. The molecule has 88 valence electrons. The van der Waals surface area contributed by atoms with E-state index in [2.05, 4.69) is 35.0 Å². The van der Waals surface area contributed by atoms with E-state index in [1.807, 2.05) is 6.07 Å². The van der Waals surface area contributed by atoms with Gasteiger partial charge in [-0.3, -0.25) is 0 Å². The molecule has 1 aromatic rings. The Hall–Kier alpha value is -0.380. The molecule has 0 aliphatic heterocycles. The Balaban J connectivity index is 2.29. The smallest absolute Gasteiger partial charge is 0.0541 e. The fourth-order valence-electron chi connectivity index (χ4n) is 2.57. The van der Waals surface area contributed by atoms with Gasteiger partial charge >= 0.3 is 0 Å². The SMILES string of the molecule is Cc1cc(Br)ccc1C1(N)CCC(O)CC1. The van der Waals surface area contributed by atoms with Crippen molar-refractivity contribution in [2.24, 2.45) is 5.73 Å². The van der Waals surface area contributed by atoms with E-state index < -0.39 is 0 Å². The van der Waals surface area contributed by atoms with Crippen molar-refractivity contribution >= 4 is 15.9 Å². The van der Waals surface area contributed by atoms with Crippen LogP contribution < -0.4 is 5.73 Å².